The average molecular weight is 327 g/mol. The molecule has 22 heavy (non-hydrogen) atoms. The molecule has 1 N–H and O–H groups in total. The molecule has 0 radical (unpaired) electrons. The Labute approximate surface area is 138 Å². The summed E-state index contributed by atoms with van der Waals surface area (Å²) >= 11 is 6.62. The molecular weight excluding hydrogens is 314 g/mol. The number of thiocarbonyl (C=S) groups is 1. The average Bonchev–Trinajstić information content (AvgIpc) is 2.78. The molecule has 5 heteroatoms. The fraction of sp³-hybridized carbons (Fsp3) is 0.0588. The highest BCUT2D eigenvalue weighted by Gasteiger charge is 2.31. The Kier molecular flexibility index (Phi) is 4.27. The van der Waals surface area contributed by atoms with Crippen molar-refractivity contribution in [1.29, 1.82) is 0 Å². The summed E-state index contributed by atoms with van der Waals surface area (Å²) in [6.07, 6.45) is 1.80. The summed E-state index contributed by atoms with van der Waals surface area (Å²) in [7, 11) is 0. The summed E-state index contributed by atoms with van der Waals surface area (Å²) in [6, 6.07) is 16.5. The number of hydrogen-bond donors (Lipinski definition) is 1. The van der Waals surface area contributed by atoms with Gasteiger partial charge in [0.15, 0.2) is 0 Å². The SMILES string of the molecule is O=C1/C(=C/c2ccc(O)cc2)SC(=S)N1Cc1ccccc1. The minimum absolute atomic E-state index is 0.0769. The van der Waals surface area contributed by atoms with E-state index in [2.05, 4.69) is 0 Å². The highest BCUT2D eigenvalue weighted by Crippen LogP contribution is 2.33. The molecule has 0 saturated carbocycles. The summed E-state index contributed by atoms with van der Waals surface area (Å²) in [5.41, 5.74) is 1.91. The van der Waals surface area contributed by atoms with Crippen LogP contribution in [0.2, 0.25) is 0 Å². The van der Waals surface area contributed by atoms with Crippen molar-refractivity contribution in [2.75, 3.05) is 0 Å². The van der Waals surface area contributed by atoms with Crippen molar-refractivity contribution in [2.45, 2.75) is 6.54 Å². The van der Waals surface area contributed by atoms with Crippen LogP contribution in [0.1, 0.15) is 11.1 Å². The molecule has 1 amide bonds. The second-order valence-electron chi connectivity index (χ2n) is 4.84. The number of rotatable bonds is 3. The number of benzene rings is 2. The lowest BCUT2D eigenvalue weighted by atomic mass is 10.2. The van der Waals surface area contributed by atoms with Gasteiger partial charge in [0.05, 0.1) is 11.4 Å². The highest BCUT2D eigenvalue weighted by atomic mass is 32.2. The molecule has 110 valence electrons. The fourth-order valence-corrected chi connectivity index (χ4v) is 3.38. The number of aromatic hydroxyl groups is 1. The Hall–Kier alpha value is -2.11. The zero-order chi connectivity index (χ0) is 15.5. The molecule has 2 aromatic carbocycles. The molecule has 1 heterocycles. The van der Waals surface area contributed by atoms with Gasteiger partial charge < -0.3 is 5.11 Å². The molecular formula is C17H13NO2S2. The minimum Gasteiger partial charge on any atom is -0.508 e. The zero-order valence-electron chi connectivity index (χ0n) is 11.6. The Morgan fingerprint density at radius 3 is 2.45 bits per heavy atom. The lowest BCUT2D eigenvalue weighted by molar-refractivity contribution is -0.122. The predicted octanol–water partition coefficient (Wildman–Crippen LogP) is 3.79. The standard InChI is InChI=1S/C17H13NO2S2/c19-14-8-6-12(7-9-14)10-15-16(20)18(17(21)22-15)11-13-4-2-1-3-5-13/h1-10,19H,11H2/b15-10-. The molecule has 1 fully saturated rings. The van der Waals surface area contributed by atoms with E-state index in [-0.39, 0.29) is 11.7 Å². The lowest BCUT2D eigenvalue weighted by Crippen LogP contribution is -2.27. The van der Waals surface area contributed by atoms with Gasteiger partial charge in [-0.05, 0) is 29.3 Å². The van der Waals surface area contributed by atoms with Crippen molar-refractivity contribution in [3.8, 4) is 5.75 Å². The van der Waals surface area contributed by atoms with E-state index in [1.165, 1.54) is 11.8 Å². The second kappa shape index (κ2) is 6.34. The molecule has 0 aliphatic carbocycles. The highest BCUT2D eigenvalue weighted by molar-refractivity contribution is 8.26. The van der Waals surface area contributed by atoms with Crippen LogP contribution >= 0.6 is 24.0 Å². The Morgan fingerprint density at radius 2 is 1.77 bits per heavy atom. The maximum Gasteiger partial charge on any atom is 0.266 e. The van der Waals surface area contributed by atoms with Gasteiger partial charge in [0, 0.05) is 0 Å². The largest absolute Gasteiger partial charge is 0.508 e. The second-order valence-corrected chi connectivity index (χ2v) is 6.52. The number of carbonyl (C=O) groups is 1. The molecule has 3 nitrogen and oxygen atoms in total. The van der Waals surface area contributed by atoms with E-state index in [4.69, 9.17) is 12.2 Å². The number of phenols is 1. The first kappa shape index (κ1) is 14.8. The van der Waals surface area contributed by atoms with Gasteiger partial charge in [-0.2, -0.15) is 0 Å². The first-order valence-corrected chi connectivity index (χ1v) is 7.94. The number of nitrogens with zero attached hydrogens (tertiary/aromatic N) is 1. The van der Waals surface area contributed by atoms with Gasteiger partial charge in [-0.3, -0.25) is 9.69 Å². The molecule has 0 unspecified atom stereocenters. The molecule has 0 spiro atoms. The number of thioether (sulfide) groups is 1. The maximum absolute atomic E-state index is 12.5. The monoisotopic (exact) mass is 327 g/mol. The molecule has 1 saturated heterocycles. The first-order chi connectivity index (χ1) is 10.6. The van der Waals surface area contributed by atoms with Gasteiger partial charge in [0.2, 0.25) is 0 Å². The van der Waals surface area contributed by atoms with E-state index in [9.17, 15) is 9.90 Å². The van der Waals surface area contributed by atoms with Crippen molar-refractivity contribution in [3.63, 3.8) is 0 Å². The normalized spacial score (nSPS) is 16.5. The minimum atomic E-state index is -0.0769. The van der Waals surface area contributed by atoms with E-state index in [0.29, 0.717) is 15.8 Å². The fourth-order valence-electron chi connectivity index (χ4n) is 2.12. The van der Waals surface area contributed by atoms with E-state index < -0.39 is 0 Å². The summed E-state index contributed by atoms with van der Waals surface area (Å²) in [4.78, 5) is 14.7. The van der Waals surface area contributed by atoms with Crippen molar-refractivity contribution < 1.29 is 9.90 Å². The first-order valence-electron chi connectivity index (χ1n) is 6.72. The van der Waals surface area contributed by atoms with Crippen LogP contribution in [-0.2, 0) is 11.3 Å². The Bertz CT molecular complexity index is 739. The van der Waals surface area contributed by atoms with Gasteiger partial charge in [-0.25, -0.2) is 0 Å². The van der Waals surface area contributed by atoms with Crippen LogP contribution in [0.4, 0.5) is 0 Å². The Morgan fingerprint density at radius 1 is 1.09 bits per heavy atom. The van der Waals surface area contributed by atoms with E-state index in [1.807, 2.05) is 30.3 Å². The molecule has 3 rings (SSSR count). The molecule has 1 aliphatic heterocycles. The van der Waals surface area contributed by atoms with Crippen molar-refractivity contribution in [3.05, 3.63) is 70.6 Å². The van der Waals surface area contributed by atoms with Crippen molar-refractivity contribution >= 4 is 40.3 Å². The van der Waals surface area contributed by atoms with Crippen LogP contribution in [0.3, 0.4) is 0 Å². The van der Waals surface area contributed by atoms with Gasteiger partial charge in [-0.15, -0.1) is 0 Å². The number of carbonyl (C=O) groups excluding carboxylic acids is 1. The third-order valence-corrected chi connectivity index (χ3v) is 4.63. The zero-order valence-corrected chi connectivity index (χ0v) is 13.2. The van der Waals surface area contributed by atoms with Crippen LogP contribution in [0.5, 0.6) is 5.75 Å². The van der Waals surface area contributed by atoms with Crippen LogP contribution in [-0.4, -0.2) is 20.2 Å². The predicted molar refractivity (Wildman–Crippen MR) is 93.3 cm³/mol. The van der Waals surface area contributed by atoms with Gasteiger partial charge in [0.1, 0.15) is 10.1 Å². The van der Waals surface area contributed by atoms with Gasteiger partial charge in [-0.1, -0.05) is 66.4 Å². The summed E-state index contributed by atoms with van der Waals surface area (Å²) in [6.45, 7) is 0.485. The molecule has 0 aromatic heterocycles. The number of amides is 1. The van der Waals surface area contributed by atoms with Crippen molar-refractivity contribution in [1.82, 2.24) is 4.90 Å². The maximum atomic E-state index is 12.5. The van der Waals surface area contributed by atoms with Crippen LogP contribution in [0.15, 0.2) is 59.5 Å². The number of phenolic OH excluding ortho intramolecular Hbond substituents is 1. The number of hydrogen-bond acceptors (Lipinski definition) is 4. The molecule has 0 atom stereocenters. The molecule has 0 bridgehead atoms. The summed E-state index contributed by atoms with van der Waals surface area (Å²) in [5, 5.41) is 9.30. The topological polar surface area (TPSA) is 40.5 Å². The third kappa shape index (κ3) is 3.21. The van der Waals surface area contributed by atoms with Crippen molar-refractivity contribution in [2.24, 2.45) is 0 Å². The molecule has 2 aromatic rings. The van der Waals surface area contributed by atoms with Gasteiger partial charge >= 0.3 is 0 Å². The van der Waals surface area contributed by atoms with Gasteiger partial charge in [0.25, 0.3) is 5.91 Å². The quantitative estimate of drug-likeness (QED) is 0.688. The summed E-state index contributed by atoms with van der Waals surface area (Å²) < 4.78 is 0.568. The smallest absolute Gasteiger partial charge is 0.266 e. The molecule has 1 aliphatic rings. The van der Waals surface area contributed by atoms with E-state index in [0.717, 1.165) is 11.1 Å². The lowest BCUT2D eigenvalue weighted by Gasteiger charge is -2.14. The third-order valence-electron chi connectivity index (χ3n) is 3.25. The van der Waals surface area contributed by atoms with E-state index >= 15 is 0 Å². The van der Waals surface area contributed by atoms with Crippen LogP contribution in [0.25, 0.3) is 6.08 Å². The van der Waals surface area contributed by atoms with Crippen LogP contribution in [0, 0.1) is 0 Å². The van der Waals surface area contributed by atoms with Crippen LogP contribution < -0.4 is 0 Å². The summed E-state index contributed by atoms with van der Waals surface area (Å²) in [5.74, 6) is 0.126. The van der Waals surface area contributed by atoms with E-state index in [1.54, 1.807) is 35.2 Å². The Balaban J connectivity index is 1.80.